The molecule has 2 rings (SSSR count). The van der Waals surface area contributed by atoms with Crippen LogP contribution in [0.1, 0.15) is 31.2 Å². The number of halogens is 3. The molecule has 0 aromatic heterocycles. The van der Waals surface area contributed by atoms with Gasteiger partial charge in [0.25, 0.3) is 5.91 Å². The topological polar surface area (TPSA) is 78.4 Å². The Morgan fingerprint density at radius 2 is 1.91 bits per heavy atom. The van der Waals surface area contributed by atoms with Crippen LogP contribution >= 0.6 is 0 Å². The minimum absolute atomic E-state index is 0.000449. The zero-order chi connectivity index (χ0) is 17.3. The first-order chi connectivity index (χ1) is 10.6. The number of carbonyl (C=O) groups excluding carboxylic acids is 2. The van der Waals surface area contributed by atoms with E-state index in [1.54, 1.807) is 12.1 Å². The van der Waals surface area contributed by atoms with Gasteiger partial charge in [0.2, 0.25) is 11.5 Å². The highest BCUT2D eigenvalue weighted by atomic mass is 19.4. The van der Waals surface area contributed by atoms with Gasteiger partial charge in [-0.3, -0.25) is 9.59 Å². The minimum atomic E-state index is -5.06. The van der Waals surface area contributed by atoms with E-state index >= 15 is 0 Å². The Morgan fingerprint density at radius 3 is 2.39 bits per heavy atom. The molecule has 1 heterocycles. The molecule has 2 atom stereocenters. The molecule has 23 heavy (non-hydrogen) atoms. The predicted molar refractivity (Wildman–Crippen MR) is 76.7 cm³/mol. The Bertz CT molecular complexity index is 587. The summed E-state index contributed by atoms with van der Waals surface area (Å²) >= 11 is 0. The van der Waals surface area contributed by atoms with E-state index < -0.39 is 17.7 Å². The third kappa shape index (κ3) is 3.82. The summed E-state index contributed by atoms with van der Waals surface area (Å²) in [6.45, 7) is 0.911. The maximum atomic E-state index is 12.6. The van der Waals surface area contributed by atoms with Gasteiger partial charge in [-0.2, -0.15) is 13.2 Å². The molecule has 0 bridgehead atoms. The van der Waals surface area contributed by atoms with Crippen LogP contribution in [-0.4, -0.2) is 35.2 Å². The van der Waals surface area contributed by atoms with Gasteiger partial charge in [-0.05, 0) is 31.0 Å². The van der Waals surface area contributed by atoms with Gasteiger partial charge in [0.1, 0.15) is 0 Å². The first kappa shape index (κ1) is 17.3. The van der Waals surface area contributed by atoms with Crippen molar-refractivity contribution in [1.82, 2.24) is 5.32 Å². The summed E-state index contributed by atoms with van der Waals surface area (Å²) in [7, 11) is 0. The van der Waals surface area contributed by atoms with Crippen LogP contribution in [0, 0.1) is 0 Å². The average molecular weight is 330 g/mol. The molecule has 0 saturated carbocycles. The second-order valence-corrected chi connectivity index (χ2v) is 5.69. The first-order valence-electron chi connectivity index (χ1n) is 7.08. The summed E-state index contributed by atoms with van der Waals surface area (Å²) in [6.07, 6.45) is -3.94. The van der Waals surface area contributed by atoms with Crippen molar-refractivity contribution in [3.05, 3.63) is 29.8 Å². The lowest BCUT2D eigenvalue weighted by Crippen LogP contribution is -2.52. The molecule has 1 saturated heterocycles. The number of carbonyl (C=O) groups is 2. The molecule has 1 aliphatic heterocycles. The quantitative estimate of drug-likeness (QED) is 0.792. The van der Waals surface area contributed by atoms with Crippen LogP contribution in [-0.2, 0) is 9.59 Å². The molecule has 3 N–H and O–H groups in total. The summed E-state index contributed by atoms with van der Waals surface area (Å²) in [5.41, 5.74) is -2.38. The SMILES string of the molecule is C[C@@](O)(C(=O)Nc1ccc(C2CCC(=O)NC2)cc1)C(F)(F)F. The number of hydrogen-bond acceptors (Lipinski definition) is 3. The normalized spacial score (nSPS) is 21.3. The number of benzene rings is 1. The van der Waals surface area contributed by atoms with Crippen molar-refractivity contribution in [2.45, 2.75) is 37.5 Å². The van der Waals surface area contributed by atoms with Crippen molar-refractivity contribution >= 4 is 17.5 Å². The predicted octanol–water partition coefficient (Wildman–Crippen LogP) is 1.93. The smallest absolute Gasteiger partial charge is 0.373 e. The van der Waals surface area contributed by atoms with Crippen LogP contribution in [0.25, 0.3) is 0 Å². The number of amides is 2. The Balaban J connectivity index is 2.03. The molecule has 1 aromatic rings. The second-order valence-electron chi connectivity index (χ2n) is 5.69. The summed E-state index contributed by atoms with van der Waals surface area (Å²) in [5, 5.41) is 14.1. The fourth-order valence-corrected chi connectivity index (χ4v) is 2.24. The van der Waals surface area contributed by atoms with Gasteiger partial charge >= 0.3 is 6.18 Å². The maximum Gasteiger partial charge on any atom is 0.426 e. The van der Waals surface area contributed by atoms with Crippen molar-refractivity contribution in [3.63, 3.8) is 0 Å². The van der Waals surface area contributed by atoms with Crippen LogP contribution in [0.5, 0.6) is 0 Å². The monoisotopic (exact) mass is 330 g/mol. The van der Waals surface area contributed by atoms with Crippen molar-refractivity contribution < 1.29 is 27.9 Å². The van der Waals surface area contributed by atoms with E-state index in [0.717, 1.165) is 5.56 Å². The van der Waals surface area contributed by atoms with E-state index in [2.05, 4.69) is 5.32 Å². The van der Waals surface area contributed by atoms with Crippen LogP contribution in [0.3, 0.4) is 0 Å². The Kier molecular flexibility index (Phi) is 4.65. The van der Waals surface area contributed by atoms with Gasteiger partial charge < -0.3 is 15.7 Å². The van der Waals surface area contributed by atoms with Crippen molar-refractivity contribution in [2.75, 3.05) is 11.9 Å². The molecule has 126 valence electrons. The lowest BCUT2D eigenvalue weighted by molar-refractivity contribution is -0.242. The van der Waals surface area contributed by atoms with Crippen LogP contribution in [0.4, 0.5) is 18.9 Å². The van der Waals surface area contributed by atoms with E-state index in [4.69, 9.17) is 0 Å². The minimum Gasteiger partial charge on any atom is -0.373 e. The zero-order valence-corrected chi connectivity index (χ0v) is 12.4. The molecule has 2 amide bonds. The van der Waals surface area contributed by atoms with Gasteiger partial charge in [-0.25, -0.2) is 0 Å². The summed E-state index contributed by atoms with van der Waals surface area (Å²) in [5.74, 6) is -1.40. The van der Waals surface area contributed by atoms with E-state index in [-0.39, 0.29) is 17.5 Å². The number of rotatable bonds is 3. The van der Waals surface area contributed by atoms with Crippen molar-refractivity contribution in [3.8, 4) is 0 Å². The number of anilines is 1. The Labute approximate surface area is 130 Å². The summed E-state index contributed by atoms with van der Waals surface area (Å²) in [6, 6.07) is 6.30. The van der Waals surface area contributed by atoms with Crippen LogP contribution in [0.2, 0.25) is 0 Å². The number of aliphatic hydroxyl groups is 1. The molecule has 1 aliphatic rings. The first-order valence-corrected chi connectivity index (χ1v) is 7.08. The molecule has 0 aliphatic carbocycles. The van der Waals surface area contributed by atoms with Crippen molar-refractivity contribution in [2.24, 2.45) is 0 Å². The lowest BCUT2D eigenvalue weighted by atomic mass is 9.91. The van der Waals surface area contributed by atoms with Gasteiger partial charge in [0.05, 0.1) is 0 Å². The molecule has 0 radical (unpaired) electrons. The summed E-state index contributed by atoms with van der Waals surface area (Å²) in [4.78, 5) is 22.7. The highest BCUT2D eigenvalue weighted by Gasteiger charge is 2.55. The standard InChI is InChI=1S/C15H17F3N2O3/c1-14(23,15(16,17)18)13(22)20-11-5-2-9(3-6-11)10-4-7-12(21)19-8-10/h2-3,5-6,10,23H,4,7-8H2,1H3,(H,19,21)(H,20,22)/t10?,14-/m1/s1. The van der Waals surface area contributed by atoms with Crippen LogP contribution < -0.4 is 10.6 Å². The molecular weight excluding hydrogens is 313 g/mol. The fraction of sp³-hybridized carbons (Fsp3) is 0.467. The van der Waals surface area contributed by atoms with E-state index in [1.165, 1.54) is 12.1 Å². The third-order valence-corrected chi connectivity index (χ3v) is 3.90. The van der Waals surface area contributed by atoms with E-state index in [9.17, 15) is 27.9 Å². The van der Waals surface area contributed by atoms with Crippen LogP contribution in [0.15, 0.2) is 24.3 Å². The average Bonchev–Trinajstić information content (AvgIpc) is 2.47. The number of piperidine rings is 1. The van der Waals surface area contributed by atoms with Gasteiger partial charge in [-0.15, -0.1) is 0 Å². The number of alkyl halides is 3. The van der Waals surface area contributed by atoms with Gasteiger partial charge in [0, 0.05) is 24.6 Å². The molecule has 1 unspecified atom stereocenters. The molecule has 8 heteroatoms. The highest BCUT2D eigenvalue weighted by Crippen LogP contribution is 2.31. The van der Waals surface area contributed by atoms with Crippen molar-refractivity contribution in [1.29, 1.82) is 0 Å². The maximum absolute atomic E-state index is 12.6. The largest absolute Gasteiger partial charge is 0.426 e. The molecule has 5 nitrogen and oxygen atoms in total. The molecule has 0 spiro atoms. The molecule has 1 fully saturated rings. The van der Waals surface area contributed by atoms with E-state index in [0.29, 0.717) is 26.3 Å². The molecule has 1 aromatic carbocycles. The Morgan fingerprint density at radius 1 is 1.30 bits per heavy atom. The highest BCUT2D eigenvalue weighted by molar-refractivity contribution is 5.97. The lowest BCUT2D eigenvalue weighted by Gasteiger charge is -2.25. The fourth-order valence-electron chi connectivity index (χ4n) is 2.24. The number of nitrogens with one attached hydrogen (secondary N) is 2. The van der Waals surface area contributed by atoms with Gasteiger partial charge in [-0.1, -0.05) is 12.1 Å². The summed E-state index contributed by atoms with van der Waals surface area (Å²) < 4.78 is 37.7. The zero-order valence-electron chi connectivity index (χ0n) is 12.4. The molecular formula is C15H17F3N2O3. The second kappa shape index (κ2) is 6.19. The van der Waals surface area contributed by atoms with Gasteiger partial charge in [0.15, 0.2) is 0 Å². The van der Waals surface area contributed by atoms with E-state index in [1.807, 2.05) is 5.32 Å². The number of hydrogen-bond donors (Lipinski definition) is 3. The Hall–Kier alpha value is -2.09. The third-order valence-electron chi connectivity index (χ3n) is 3.90.